The number of hydrogen-bond donors (Lipinski definition) is 0. The first kappa shape index (κ1) is 31.2. The van der Waals surface area contributed by atoms with Crippen molar-refractivity contribution in [2.24, 2.45) is 6.98 Å². The van der Waals surface area contributed by atoms with E-state index >= 15 is 0 Å². The Labute approximate surface area is 352 Å². The predicted octanol–water partition coefficient (Wildman–Crippen LogP) is 12.6. The van der Waals surface area contributed by atoms with Gasteiger partial charge in [-0.25, -0.2) is 9.55 Å². The maximum absolute atomic E-state index is 8.38. The summed E-state index contributed by atoms with van der Waals surface area (Å²) in [4.78, 5) is 5.09. The molecule has 0 aliphatic heterocycles. The van der Waals surface area contributed by atoms with Gasteiger partial charge >= 0.3 is 0 Å². The summed E-state index contributed by atoms with van der Waals surface area (Å²) in [5.41, 5.74) is 15.3. The van der Waals surface area contributed by atoms with Gasteiger partial charge in [-0.2, -0.15) is 4.57 Å². The number of nitrogens with zero attached hydrogens (tertiary/aromatic N) is 4. The van der Waals surface area contributed by atoms with Gasteiger partial charge in [0.1, 0.15) is 11.5 Å². The lowest BCUT2D eigenvalue weighted by Gasteiger charge is -2.34. The Balaban J connectivity index is 1.12. The lowest BCUT2D eigenvalue weighted by Crippen LogP contribution is -2.29. The molecule has 1 aliphatic rings. The third-order valence-electron chi connectivity index (χ3n) is 12.5. The lowest BCUT2D eigenvalue weighted by molar-refractivity contribution is -0.645. The van der Waals surface area contributed by atoms with Crippen LogP contribution in [0.1, 0.15) is 26.4 Å². The molecule has 0 atom stereocenters. The summed E-state index contributed by atoms with van der Waals surface area (Å²) in [7, 11) is 0. The zero-order valence-electron chi connectivity index (χ0n) is 35.6. The van der Waals surface area contributed by atoms with Crippen molar-refractivity contribution in [1.29, 1.82) is 0 Å². The van der Waals surface area contributed by atoms with Gasteiger partial charge in [0.05, 0.1) is 27.5 Å². The highest BCUT2D eigenvalue weighted by molar-refractivity contribution is 6.09. The predicted molar refractivity (Wildman–Crippen MR) is 245 cm³/mol. The summed E-state index contributed by atoms with van der Waals surface area (Å²) in [6.45, 7) is -2.35. The molecule has 0 saturated carbocycles. The minimum atomic E-state index is -2.35. The van der Waals surface area contributed by atoms with Gasteiger partial charge in [-0.05, 0) is 104 Å². The third-order valence-corrected chi connectivity index (χ3v) is 12.5. The summed E-state index contributed by atoms with van der Waals surface area (Å²) in [6.07, 6.45) is 3.64. The summed E-state index contributed by atoms with van der Waals surface area (Å²) in [6, 6.07) is 72.9. The molecule has 1 aliphatic carbocycles. The summed E-state index contributed by atoms with van der Waals surface area (Å²) >= 11 is 0. The molecular weight excluding hydrogens is 729 g/mol. The maximum Gasteiger partial charge on any atom is 0.249 e. The van der Waals surface area contributed by atoms with E-state index in [1.54, 1.807) is 6.33 Å². The van der Waals surface area contributed by atoms with Gasteiger partial charge in [0.2, 0.25) is 6.33 Å². The van der Waals surface area contributed by atoms with Gasteiger partial charge in [-0.1, -0.05) is 158 Å². The molecule has 0 N–H and O–H groups in total. The van der Waals surface area contributed by atoms with E-state index in [1.165, 1.54) is 37.9 Å². The lowest BCUT2D eigenvalue weighted by atomic mass is 9.67. The molecule has 0 radical (unpaired) electrons. The fourth-order valence-corrected chi connectivity index (χ4v) is 9.99. The third kappa shape index (κ3) is 4.98. The van der Waals surface area contributed by atoms with E-state index in [0.29, 0.717) is 5.52 Å². The fraction of sp³-hybridized carbons (Fsp3) is 0.0357. The smallest absolute Gasteiger partial charge is 0.249 e. The van der Waals surface area contributed by atoms with Crippen molar-refractivity contribution < 1.29 is 8.68 Å². The number of para-hydroxylation sites is 3. The number of benzene rings is 8. The van der Waals surface area contributed by atoms with E-state index in [0.717, 1.165) is 61.1 Å². The maximum atomic E-state index is 8.38. The minimum absolute atomic E-state index is 0.647. The molecule has 0 fully saturated rings. The Morgan fingerprint density at radius 3 is 1.90 bits per heavy atom. The summed E-state index contributed by atoms with van der Waals surface area (Å²) < 4.78 is 30.8. The zero-order valence-corrected chi connectivity index (χ0v) is 32.6. The SMILES string of the molecule is [2H]C([2H])([2H])[n+]1cn(-c2cccc(C3(c4ccc5c6ccccc6n(-c6cc(-c7ccccc7-c7ccccc7)ccn6)c5c4)c4ccccc4-c4ccccc43)c2)c2ccccc21. The van der Waals surface area contributed by atoms with Crippen LogP contribution in [-0.4, -0.2) is 14.1 Å². The van der Waals surface area contributed by atoms with Gasteiger partial charge in [-0.3, -0.25) is 4.57 Å². The molecule has 3 heterocycles. The molecule has 8 aromatic carbocycles. The highest BCUT2D eigenvalue weighted by atomic mass is 15.1. The van der Waals surface area contributed by atoms with E-state index < -0.39 is 12.4 Å². The van der Waals surface area contributed by atoms with Crippen molar-refractivity contribution in [3.8, 4) is 44.9 Å². The van der Waals surface area contributed by atoms with Crippen molar-refractivity contribution in [2.45, 2.75) is 5.41 Å². The van der Waals surface area contributed by atoms with Crippen LogP contribution in [0.3, 0.4) is 0 Å². The van der Waals surface area contributed by atoms with E-state index in [4.69, 9.17) is 9.10 Å². The van der Waals surface area contributed by atoms with Gasteiger partial charge in [0.15, 0.2) is 11.0 Å². The average Bonchev–Trinajstić information content (AvgIpc) is 3.99. The molecular formula is C56H39N4+. The Bertz CT molecular complexity index is 3540. The van der Waals surface area contributed by atoms with Gasteiger partial charge in [-0.15, -0.1) is 0 Å². The molecule has 3 aromatic heterocycles. The molecule has 0 bridgehead atoms. The number of rotatable bonds is 6. The van der Waals surface area contributed by atoms with E-state index in [9.17, 15) is 0 Å². The fourth-order valence-electron chi connectivity index (χ4n) is 9.99. The summed E-state index contributed by atoms with van der Waals surface area (Å²) in [5, 5.41) is 2.30. The minimum Gasteiger partial charge on any atom is -0.294 e. The van der Waals surface area contributed by atoms with Crippen LogP contribution >= 0.6 is 0 Å². The van der Waals surface area contributed by atoms with E-state index in [1.807, 2.05) is 35.0 Å². The second kappa shape index (κ2) is 13.4. The first-order valence-electron chi connectivity index (χ1n) is 21.9. The zero-order chi connectivity index (χ0) is 42.3. The van der Waals surface area contributed by atoms with Gasteiger partial charge < -0.3 is 0 Å². The van der Waals surface area contributed by atoms with Crippen LogP contribution in [0, 0.1) is 0 Å². The Morgan fingerprint density at radius 1 is 0.483 bits per heavy atom. The van der Waals surface area contributed by atoms with Crippen LogP contribution in [0.2, 0.25) is 0 Å². The van der Waals surface area contributed by atoms with Crippen LogP contribution in [0.4, 0.5) is 0 Å². The molecule has 4 nitrogen and oxygen atoms in total. The van der Waals surface area contributed by atoms with Crippen molar-refractivity contribution in [3.05, 3.63) is 241 Å². The van der Waals surface area contributed by atoms with E-state index in [-0.39, 0.29) is 0 Å². The molecule has 0 saturated heterocycles. The average molecular weight is 771 g/mol. The van der Waals surface area contributed by atoms with Gasteiger partial charge in [0.25, 0.3) is 0 Å². The highest BCUT2D eigenvalue weighted by Gasteiger charge is 2.46. The molecule has 60 heavy (non-hydrogen) atoms. The molecule has 0 unspecified atom stereocenters. The number of hydrogen-bond acceptors (Lipinski definition) is 1. The number of fused-ring (bicyclic) bond motifs is 7. The summed E-state index contributed by atoms with van der Waals surface area (Å²) in [5.74, 6) is 0.837. The van der Waals surface area contributed by atoms with Crippen LogP contribution in [0.25, 0.3) is 77.7 Å². The quantitative estimate of drug-likeness (QED) is 0.155. The number of pyridine rings is 1. The number of aromatic nitrogens is 4. The van der Waals surface area contributed by atoms with E-state index in [2.05, 4.69) is 187 Å². The highest BCUT2D eigenvalue weighted by Crippen LogP contribution is 2.56. The molecule has 282 valence electrons. The normalized spacial score (nSPS) is 13.8. The van der Waals surface area contributed by atoms with Crippen LogP contribution in [0.15, 0.2) is 219 Å². The first-order valence-corrected chi connectivity index (χ1v) is 20.4. The van der Waals surface area contributed by atoms with Crippen molar-refractivity contribution in [3.63, 3.8) is 0 Å². The molecule has 0 spiro atoms. The topological polar surface area (TPSA) is 26.6 Å². The largest absolute Gasteiger partial charge is 0.294 e. The van der Waals surface area contributed by atoms with Crippen molar-refractivity contribution >= 4 is 32.8 Å². The molecule has 11 aromatic rings. The molecule has 12 rings (SSSR count). The molecule has 0 amide bonds. The van der Waals surface area contributed by atoms with Crippen LogP contribution < -0.4 is 4.57 Å². The molecule has 4 heteroatoms. The monoisotopic (exact) mass is 770 g/mol. The Hall–Kier alpha value is -7.82. The Morgan fingerprint density at radius 2 is 1.12 bits per heavy atom. The van der Waals surface area contributed by atoms with Gasteiger partial charge in [0, 0.05) is 17.0 Å². The van der Waals surface area contributed by atoms with Crippen molar-refractivity contribution in [2.75, 3.05) is 0 Å². The second-order valence-electron chi connectivity index (χ2n) is 15.6. The van der Waals surface area contributed by atoms with Crippen LogP contribution in [-0.2, 0) is 12.4 Å². The first-order chi connectivity index (χ1) is 30.9. The number of aryl methyl sites for hydroxylation is 1. The standard InChI is InChI=1S/C56H39N4/c1-58-37-59(53-29-14-13-28-52(53)58)42-19-15-18-40(35-42)56(49-25-10-7-22-45(49)46-23-8-11-26-50(46)56)41-30-31-48-47-24-9-12-27-51(47)60(54(48)36-41)55-34-39(32-33-57-55)44-21-6-5-20-43(44)38-16-3-2-4-17-38/h2-37H,1H3/q+1/i1D3. The van der Waals surface area contributed by atoms with Crippen molar-refractivity contribution in [1.82, 2.24) is 14.1 Å². The Kier molecular flexibility index (Phi) is 6.95. The number of imidazole rings is 1. The van der Waals surface area contributed by atoms with Crippen LogP contribution in [0.5, 0.6) is 0 Å². The second-order valence-corrected chi connectivity index (χ2v) is 15.6.